The molecule has 0 aromatic carbocycles. The first-order valence-corrected chi connectivity index (χ1v) is 15.2. The Morgan fingerprint density at radius 2 is 1.08 bits per heavy atom. The summed E-state index contributed by atoms with van der Waals surface area (Å²) in [6, 6.07) is 0. The predicted octanol–water partition coefficient (Wildman–Crippen LogP) is 0.681. The Bertz CT molecular complexity index is 613. The van der Waals surface area contributed by atoms with Gasteiger partial charge in [0.15, 0.2) is 6.29 Å². The Hall–Kier alpha value is -0.440. The molecule has 2 heterocycles. The van der Waals surface area contributed by atoms with E-state index in [1.54, 1.807) is 0 Å². The van der Waals surface area contributed by atoms with E-state index in [1.807, 2.05) is 0 Å². The van der Waals surface area contributed by atoms with Gasteiger partial charge in [0, 0.05) is 0 Å². The first kappa shape index (κ1) is 34.8. The van der Waals surface area contributed by atoms with Crippen molar-refractivity contribution >= 4 is 0 Å². The molecule has 39 heavy (non-hydrogen) atoms. The molecule has 232 valence electrons. The van der Waals surface area contributed by atoms with E-state index in [2.05, 4.69) is 12.2 Å². The van der Waals surface area contributed by atoms with Gasteiger partial charge < -0.3 is 50.0 Å². The van der Waals surface area contributed by atoms with E-state index in [1.165, 1.54) is 70.6 Å². The molecular formula is C28H55NO10. The predicted molar refractivity (Wildman–Crippen MR) is 145 cm³/mol. The first-order chi connectivity index (χ1) is 18.8. The number of nitrogens with one attached hydrogen (secondary N) is 1. The van der Waals surface area contributed by atoms with Crippen LogP contribution in [-0.4, -0.2) is 117 Å². The van der Waals surface area contributed by atoms with Gasteiger partial charge in [0.25, 0.3) is 0 Å². The third kappa shape index (κ3) is 11.4. The number of rotatable bonds is 20. The van der Waals surface area contributed by atoms with Crippen molar-refractivity contribution in [2.45, 2.75) is 158 Å². The first-order valence-electron chi connectivity index (χ1n) is 15.2. The van der Waals surface area contributed by atoms with Crippen LogP contribution in [0.3, 0.4) is 0 Å². The summed E-state index contributed by atoms with van der Waals surface area (Å²) in [5.41, 5.74) is 0. The molecule has 8 N–H and O–H groups in total. The van der Waals surface area contributed by atoms with Crippen LogP contribution in [0.15, 0.2) is 0 Å². The number of aliphatic hydroxyl groups excluding tert-OH is 7. The summed E-state index contributed by atoms with van der Waals surface area (Å²) < 4.78 is 16.6. The van der Waals surface area contributed by atoms with E-state index in [4.69, 9.17) is 14.2 Å². The fourth-order valence-electron chi connectivity index (χ4n) is 5.32. The zero-order valence-corrected chi connectivity index (χ0v) is 23.6. The quantitative estimate of drug-likeness (QED) is 0.0972. The average Bonchev–Trinajstić information content (AvgIpc) is 2.94. The molecule has 2 aliphatic heterocycles. The van der Waals surface area contributed by atoms with Gasteiger partial charge in [-0.2, -0.15) is 0 Å². The number of unbranched alkanes of at least 4 members (excludes halogenated alkanes) is 13. The van der Waals surface area contributed by atoms with E-state index in [0.29, 0.717) is 6.54 Å². The molecule has 11 heteroatoms. The van der Waals surface area contributed by atoms with Gasteiger partial charge in [-0.05, 0) is 13.0 Å². The normalized spacial score (nSPS) is 35.4. The van der Waals surface area contributed by atoms with Crippen molar-refractivity contribution in [3.63, 3.8) is 0 Å². The van der Waals surface area contributed by atoms with Crippen LogP contribution in [0, 0.1) is 0 Å². The zero-order valence-electron chi connectivity index (χ0n) is 23.6. The second-order valence-electron chi connectivity index (χ2n) is 11.1. The minimum atomic E-state index is -1.68. The lowest BCUT2D eigenvalue weighted by Gasteiger charge is -2.46. The molecule has 0 saturated carbocycles. The van der Waals surface area contributed by atoms with Gasteiger partial charge in [0.05, 0.1) is 13.2 Å². The van der Waals surface area contributed by atoms with Crippen LogP contribution in [0.1, 0.15) is 96.8 Å². The van der Waals surface area contributed by atoms with Crippen molar-refractivity contribution < 1.29 is 50.0 Å². The second-order valence-corrected chi connectivity index (χ2v) is 11.1. The van der Waals surface area contributed by atoms with Crippen molar-refractivity contribution in [1.82, 2.24) is 5.32 Å². The van der Waals surface area contributed by atoms with Crippen LogP contribution in [-0.2, 0) is 14.2 Å². The molecule has 2 fully saturated rings. The largest absolute Gasteiger partial charge is 0.394 e. The molecule has 10 atom stereocenters. The minimum Gasteiger partial charge on any atom is -0.394 e. The molecule has 2 rings (SSSR count). The summed E-state index contributed by atoms with van der Waals surface area (Å²) in [5.74, 6) is 0. The topological polar surface area (TPSA) is 181 Å². The third-order valence-electron chi connectivity index (χ3n) is 7.88. The van der Waals surface area contributed by atoms with Crippen LogP contribution in [0.4, 0.5) is 0 Å². The Morgan fingerprint density at radius 1 is 0.564 bits per heavy atom. The van der Waals surface area contributed by atoms with Crippen LogP contribution in [0.25, 0.3) is 0 Å². The maximum absolute atomic E-state index is 10.7. The van der Waals surface area contributed by atoms with Crippen molar-refractivity contribution in [2.75, 3.05) is 19.8 Å². The van der Waals surface area contributed by atoms with E-state index < -0.39 is 74.6 Å². The number of hydrogen-bond acceptors (Lipinski definition) is 11. The molecule has 0 radical (unpaired) electrons. The van der Waals surface area contributed by atoms with Gasteiger partial charge >= 0.3 is 0 Å². The molecule has 0 amide bonds. The molecule has 0 aromatic rings. The lowest BCUT2D eigenvalue weighted by Crippen LogP contribution is -2.66. The van der Waals surface area contributed by atoms with Gasteiger partial charge in [-0.1, -0.05) is 90.4 Å². The molecule has 2 aliphatic rings. The highest BCUT2D eigenvalue weighted by atomic mass is 16.7. The van der Waals surface area contributed by atoms with Crippen molar-refractivity contribution in [1.29, 1.82) is 0 Å². The molecule has 0 aliphatic carbocycles. The maximum atomic E-state index is 10.7. The van der Waals surface area contributed by atoms with Gasteiger partial charge in [0.2, 0.25) is 0 Å². The van der Waals surface area contributed by atoms with Gasteiger partial charge in [-0.3, -0.25) is 5.32 Å². The Balaban J connectivity index is 1.62. The minimum absolute atomic E-state index is 0.539. The van der Waals surface area contributed by atoms with Gasteiger partial charge in [-0.25, -0.2) is 0 Å². The smallest absolute Gasteiger partial charge is 0.187 e. The van der Waals surface area contributed by atoms with Crippen LogP contribution < -0.4 is 5.32 Å². The van der Waals surface area contributed by atoms with Gasteiger partial charge in [-0.15, -0.1) is 0 Å². The number of aliphatic hydroxyl groups is 7. The third-order valence-corrected chi connectivity index (χ3v) is 7.88. The highest BCUT2D eigenvalue weighted by Crippen LogP contribution is 2.28. The summed E-state index contributed by atoms with van der Waals surface area (Å²) >= 11 is 0. The SMILES string of the molecule is CCCCCCCCCCCCCCCCN[C@@H]1O[C@H](CO)[C@@H](O[C@H]2O[C@H](CO)[C@@H](O)[C@H](O)[C@H]2O)[C@H](O)[C@H]1O. The molecule has 0 bridgehead atoms. The summed E-state index contributed by atoms with van der Waals surface area (Å²) in [7, 11) is 0. The van der Waals surface area contributed by atoms with Crippen LogP contribution >= 0.6 is 0 Å². The average molecular weight is 566 g/mol. The van der Waals surface area contributed by atoms with Crippen molar-refractivity contribution in [3.8, 4) is 0 Å². The Morgan fingerprint density at radius 3 is 1.59 bits per heavy atom. The van der Waals surface area contributed by atoms with Crippen LogP contribution in [0.2, 0.25) is 0 Å². The Labute approximate surface area is 233 Å². The summed E-state index contributed by atoms with van der Waals surface area (Å²) in [4.78, 5) is 0. The zero-order chi connectivity index (χ0) is 28.6. The molecule has 0 unspecified atom stereocenters. The summed E-state index contributed by atoms with van der Waals surface area (Å²) in [5, 5.41) is 73.6. The molecule has 2 saturated heterocycles. The lowest BCUT2D eigenvalue weighted by molar-refractivity contribution is -0.343. The van der Waals surface area contributed by atoms with Gasteiger partial charge in [0.1, 0.15) is 55.1 Å². The van der Waals surface area contributed by atoms with E-state index in [-0.39, 0.29) is 0 Å². The lowest BCUT2D eigenvalue weighted by atomic mass is 9.96. The standard InChI is InChI=1S/C28H55NO10/c1-2-3-4-5-6-7-8-9-10-11-12-13-14-15-16-29-27-24(35)23(34)26(20(18-31)37-27)39-28-25(36)22(33)21(32)19(17-30)38-28/h19-36H,2-18H2,1H3/t19-,20-,21-,22+,23-,24-,25-,26-,27-,28-/m1/s1. The van der Waals surface area contributed by atoms with Crippen molar-refractivity contribution in [3.05, 3.63) is 0 Å². The van der Waals surface area contributed by atoms with E-state index >= 15 is 0 Å². The number of hydrogen-bond donors (Lipinski definition) is 8. The second kappa shape index (κ2) is 19.6. The highest BCUT2D eigenvalue weighted by Gasteiger charge is 2.50. The van der Waals surface area contributed by atoms with E-state index in [0.717, 1.165) is 19.3 Å². The monoisotopic (exact) mass is 565 g/mol. The highest BCUT2D eigenvalue weighted by molar-refractivity contribution is 4.95. The van der Waals surface area contributed by atoms with E-state index in [9.17, 15) is 35.7 Å². The summed E-state index contributed by atoms with van der Waals surface area (Å²) in [6.07, 6.45) is 3.90. The van der Waals surface area contributed by atoms with Crippen molar-refractivity contribution in [2.24, 2.45) is 0 Å². The molecule has 11 nitrogen and oxygen atoms in total. The molecule has 0 aromatic heterocycles. The maximum Gasteiger partial charge on any atom is 0.187 e. The Kier molecular flexibility index (Phi) is 17.5. The fraction of sp³-hybridized carbons (Fsp3) is 1.00. The summed E-state index contributed by atoms with van der Waals surface area (Å²) in [6.45, 7) is 1.65. The number of ether oxygens (including phenoxy) is 3. The van der Waals surface area contributed by atoms with Crippen LogP contribution in [0.5, 0.6) is 0 Å². The fourth-order valence-corrected chi connectivity index (χ4v) is 5.32. The molecule has 0 spiro atoms. The molecular weight excluding hydrogens is 510 g/mol.